The highest BCUT2D eigenvalue weighted by Crippen LogP contribution is 2.34. The van der Waals surface area contributed by atoms with Crippen LogP contribution in [0.4, 0.5) is 0 Å². The standard InChI is InChI=1S/C30H36Cl2N6/c1-6-16-38(20(5)17-33-19(3)4)18-26-35-28(30(32)37-26)24-14-10-22(11-15-24)21-8-12-23(13-9-21)27-29(31)36-25(7-2)34-27/h8-10,12-15,22,33H,3,5-7,11,16-18H2,1-2,4H3,(H,34,36)(H,35,37). The van der Waals surface area contributed by atoms with Gasteiger partial charge in [0.2, 0.25) is 0 Å². The minimum Gasteiger partial charge on any atom is -0.384 e. The number of nitrogens with zero attached hydrogens (tertiary/aromatic N) is 3. The Kier molecular flexibility index (Phi) is 9.18. The maximum absolute atomic E-state index is 6.60. The number of hydrogen-bond donors (Lipinski definition) is 3. The van der Waals surface area contributed by atoms with E-state index in [1.54, 1.807) is 0 Å². The number of hydrogen-bond acceptors (Lipinski definition) is 4. The van der Waals surface area contributed by atoms with Gasteiger partial charge in [-0.15, -0.1) is 0 Å². The molecule has 200 valence electrons. The first kappa shape index (κ1) is 27.8. The van der Waals surface area contributed by atoms with Crippen molar-refractivity contribution in [2.45, 2.75) is 52.5 Å². The summed E-state index contributed by atoms with van der Waals surface area (Å²) in [6, 6.07) is 8.47. The van der Waals surface area contributed by atoms with E-state index < -0.39 is 0 Å². The van der Waals surface area contributed by atoms with E-state index in [1.807, 2.05) is 6.92 Å². The highest BCUT2D eigenvalue weighted by Gasteiger charge is 2.19. The van der Waals surface area contributed by atoms with Crippen molar-refractivity contribution in [1.82, 2.24) is 30.2 Å². The zero-order valence-corrected chi connectivity index (χ0v) is 23.9. The number of rotatable bonds is 12. The minimum absolute atomic E-state index is 0.287. The molecular formula is C30H36Cl2N6. The van der Waals surface area contributed by atoms with Crippen LogP contribution in [-0.2, 0) is 13.0 Å². The Bertz CT molecular complexity index is 1350. The molecule has 0 radical (unpaired) electrons. The molecule has 4 rings (SSSR count). The van der Waals surface area contributed by atoms with Crippen LogP contribution in [0.1, 0.15) is 62.4 Å². The Balaban J connectivity index is 1.42. The summed E-state index contributed by atoms with van der Waals surface area (Å²) in [5, 5.41) is 4.39. The number of allylic oxidation sites excluding steroid dienone is 5. The fourth-order valence-corrected chi connectivity index (χ4v) is 5.04. The van der Waals surface area contributed by atoms with Gasteiger partial charge in [-0.05, 0) is 30.9 Å². The average molecular weight is 552 g/mol. The molecular weight excluding hydrogens is 515 g/mol. The second-order valence-electron chi connectivity index (χ2n) is 9.65. The Labute approximate surface area is 235 Å². The summed E-state index contributed by atoms with van der Waals surface area (Å²) in [6.45, 7) is 16.5. The number of aromatic nitrogens is 4. The molecule has 0 saturated heterocycles. The highest BCUT2D eigenvalue weighted by molar-refractivity contribution is 6.32. The maximum atomic E-state index is 6.60. The fraction of sp³-hybridized carbons (Fsp3) is 0.333. The molecule has 1 aliphatic carbocycles. The van der Waals surface area contributed by atoms with E-state index in [2.05, 4.69) is 94.7 Å². The van der Waals surface area contributed by atoms with E-state index >= 15 is 0 Å². The van der Waals surface area contributed by atoms with Crippen molar-refractivity contribution in [1.29, 1.82) is 0 Å². The van der Waals surface area contributed by atoms with E-state index in [0.717, 1.165) is 71.4 Å². The van der Waals surface area contributed by atoms with Gasteiger partial charge in [0.15, 0.2) is 0 Å². The molecule has 0 amide bonds. The molecule has 1 aromatic carbocycles. The number of aromatic amines is 2. The van der Waals surface area contributed by atoms with Gasteiger partial charge >= 0.3 is 0 Å². The van der Waals surface area contributed by atoms with Gasteiger partial charge in [-0.25, -0.2) is 9.97 Å². The van der Waals surface area contributed by atoms with Crippen molar-refractivity contribution in [2.24, 2.45) is 0 Å². The Morgan fingerprint density at radius 1 is 1.05 bits per heavy atom. The molecule has 0 fully saturated rings. The number of H-pyrrole nitrogens is 2. The molecule has 1 unspecified atom stereocenters. The molecule has 1 atom stereocenters. The molecule has 0 aliphatic heterocycles. The van der Waals surface area contributed by atoms with Crippen LogP contribution in [0.5, 0.6) is 0 Å². The lowest BCUT2D eigenvalue weighted by Crippen LogP contribution is -2.29. The van der Waals surface area contributed by atoms with E-state index in [0.29, 0.717) is 23.4 Å². The zero-order chi connectivity index (χ0) is 27.2. The predicted molar refractivity (Wildman–Crippen MR) is 159 cm³/mol. The number of nitrogens with one attached hydrogen (secondary N) is 3. The van der Waals surface area contributed by atoms with Crippen molar-refractivity contribution < 1.29 is 0 Å². The SMILES string of the molecule is C=C(C)NCC(=C)N(CCC)Cc1nc(C2=CCC(c3ccc(-c4nc(CC)[nH]c4Cl)cc3)C=C2)c(Cl)[nH]1. The van der Waals surface area contributed by atoms with Gasteiger partial charge in [0.1, 0.15) is 33.3 Å². The molecule has 6 nitrogen and oxygen atoms in total. The molecule has 0 saturated carbocycles. The van der Waals surface area contributed by atoms with Crippen molar-refractivity contribution >= 4 is 28.8 Å². The summed E-state index contributed by atoms with van der Waals surface area (Å²) in [5.41, 5.74) is 6.79. The first-order chi connectivity index (χ1) is 18.3. The summed E-state index contributed by atoms with van der Waals surface area (Å²) in [5.74, 6) is 2.00. The lowest BCUT2D eigenvalue weighted by atomic mass is 9.89. The van der Waals surface area contributed by atoms with Gasteiger partial charge < -0.3 is 20.2 Å². The first-order valence-electron chi connectivity index (χ1n) is 13.1. The van der Waals surface area contributed by atoms with Crippen LogP contribution in [0.25, 0.3) is 16.8 Å². The van der Waals surface area contributed by atoms with Crippen molar-refractivity contribution in [3.05, 3.63) is 100 Å². The summed E-state index contributed by atoms with van der Waals surface area (Å²) < 4.78 is 0. The summed E-state index contributed by atoms with van der Waals surface area (Å²) in [4.78, 5) is 18.1. The number of benzene rings is 1. The molecule has 1 aliphatic rings. The van der Waals surface area contributed by atoms with Crippen molar-refractivity contribution in [3.8, 4) is 11.3 Å². The van der Waals surface area contributed by atoms with E-state index in [9.17, 15) is 0 Å². The predicted octanol–water partition coefficient (Wildman–Crippen LogP) is 7.65. The molecule has 8 heteroatoms. The second-order valence-corrected chi connectivity index (χ2v) is 10.4. The summed E-state index contributed by atoms with van der Waals surface area (Å²) in [6.07, 6.45) is 9.25. The molecule has 2 aromatic heterocycles. The number of imidazole rings is 2. The monoisotopic (exact) mass is 550 g/mol. The lowest BCUT2D eigenvalue weighted by molar-refractivity contribution is 0.323. The van der Waals surface area contributed by atoms with E-state index in [4.69, 9.17) is 28.2 Å². The van der Waals surface area contributed by atoms with Gasteiger partial charge in [0, 0.05) is 35.8 Å². The Morgan fingerprint density at radius 2 is 1.74 bits per heavy atom. The van der Waals surface area contributed by atoms with Crippen molar-refractivity contribution in [2.75, 3.05) is 13.1 Å². The summed E-state index contributed by atoms with van der Waals surface area (Å²) >= 11 is 12.9. The smallest absolute Gasteiger partial charge is 0.134 e. The fourth-order valence-electron chi connectivity index (χ4n) is 4.52. The second kappa shape index (κ2) is 12.5. The third-order valence-electron chi connectivity index (χ3n) is 6.61. The van der Waals surface area contributed by atoms with Crippen LogP contribution >= 0.6 is 23.2 Å². The van der Waals surface area contributed by atoms with Crippen LogP contribution in [-0.4, -0.2) is 37.9 Å². The average Bonchev–Trinajstić information content (AvgIpc) is 3.48. The molecule has 3 aromatic rings. The summed E-state index contributed by atoms with van der Waals surface area (Å²) in [7, 11) is 0. The van der Waals surface area contributed by atoms with Gasteiger partial charge in [-0.2, -0.15) is 0 Å². The molecule has 0 bridgehead atoms. The van der Waals surface area contributed by atoms with Gasteiger partial charge in [-0.1, -0.05) is 92.7 Å². The van der Waals surface area contributed by atoms with Crippen LogP contribution < -0.4 is 5.32 Å². The molecule has 0 spiro atoms. The maximum Gasteiger partial charge on any atom is 0.134 e. The quantitative estimate of drug-likeness (QED) is 0.216. The normalized spacial score (nSPS) is 14.9. The zero-order valence-electron chi connectivity index (χ0n) is 22.4. The van der Waals surface area contributed by atoms with E-state index in [-0.39, 0.29) is 5.92 Å². The highest BCUT2D eigenvalue weighted by atomic mass is 35.5. The largest absolute Gasteiger partial charge is 0.384 e. The first-order valence-corrected chi connectivity index (χ1v) is 13.8. The lowest BCUT2D eigenvalue weighted by Gasteiger charge is -2.26. The Hall–Kier alpha value is -3.22. The molecule has 38 heavy (non-hydrogen) atoms. The third kappa shape index (κ3) is 6.61. The minimum atomic E-state index is 0.287. The van der Waals surface area contributed by atoms with E-state index in [1.165, 1.54) is 5.56 Å². The van der Waals surface area contributed by atoms with Gasteiger partial charge in [-0.3, -0.25) is 0 Å². The number of aryl methyl sites for hydroxylation is 1. The topological polar surface area (TPSA) is 72.6 Å². The van der Waals surface area contributed by atoms with Crippen LogP contribution in [0.2, 0.25) is 10.3 Å². The molecule has 2 heterocycles. The van der Waals surface area contributed by atoms with Gasteiger partial charge in [0.25, 0.3) is 0 Å². The van der Waals surface area contributed by atoms with Crippen LogP contribution in [0.3, 0.4) is 0 Å². The Morgan fingerprint density at radius 3 is 2.34 bits per heavy atom. The third-order valence-corrected chi connectivity index (χ3v) is 7.16. The van der Waals surface area contributed by atoms with Gasteiger partial charge in [0.05, 0.1) is 13.1 Å². The van der Waals surface area contributed by atoms with Crippen LogP contribution in [0.15, 0.2) is 67.0 Å². The molecule has 3 N–H and O–H groups in total. The number of halogens is 2. The van der Waals surface area contributed by atoms with Crippen molar-refractivity contribution in [3.63, 3.8) is 0 Å². The van der Waals surface area contributed by atoms with Crippen LogP contribution in [0, 0.1) is 0 Å².